The third-order valence-corrected chi connectivity index (χ3v) is 4.47. The Morgan fingerprint density at radius 2 is 2.17 bits per heavy atom. The largest absolute Gasteiger partial charge is 0.388 e. The molecule has 1 aromatic heterocycles. The summed E-state index contributed by atoms with van der Waals surface area (Å²) in [6.07, 6.45) is -0.205. The Hall–Kier alpha value is -0.780. The molecule has 0 saturated heterocycles. The van der Waals surface area contributed by atoms with Crippen LogP contribution in [0.15, 0.2) is 22.7 Å². The van der Waals surface area contributed by atoms with E-state index in [2.05, 4.69) is 20.9 Å². The second-order valence-corrected chi connectivity index (χ2v) is 6.28. The molecular formula is C13H13BrFNOS. The van der Waals surface area contributed by atoms with Gasteiger partial charge in [0.2, 0.25) is 0 Å². The summed E-state index contributed by atoms with van der Waals surface area (Å²) < 4.78 is 13.5. The molecule has 18 heavy (non-hydrogen) atoms. The number of nitrogens with zero attached hydrogens (tertiary/aromatic N) is 1. The molecule has 5 heteroatoms. The zero-order valence-corrected chi connectivity index (χ0v) is 12.5. The molecule has 0 bridgehead atoms. The van der Waals surface area contributed by atoms with Crippen LogP contribution < -0.4 is 0 Å². The fraction of sp³-hybridized carbons (Fsp3) is 0.308. The number of benzene rings is 1. The molecule has 0 spiro atoms. The average molecular weight is 330 g/mol. The number of hydrogen-bond acceptors (Lipinski definition) is 3. The topological polar surface area (TPSA) is 33.1 Å². The Bertz CT molecular complexity index is 551. The number of halogens is 2. The highest BCUT2D eigenvalue weighted by Gasteiger charge is 2.13. The molecule has 2 aromatic rings. The van der Waals surface area contributed by atoms with Crippen molar-refractivity contribution in [3.8, 4) is 0 Å². The van der Waals surface area contributed by atoms with Gasteiger partial charge in [0.15, 0.2) is 0 Å². The molecule has 0 amide bonds. The van der Waals surface area contributed by atoms with Gasteiger partial charge in [-0.1, -0.05) is 6.07 Å². The normalized spacial score (nSPS) is 12.7. The number of aromatic nitrogens is 1. The quantitative estimate of drug-likeness (QED) is 0.925. The average Bonchev–Trinajstić information content (AvgIpc) is 2.61. The predicted octanol–water partition coefficient (Wildman–Crippen LogP) is 3.94. The van der Waals surface area contributed by atoms with Gasteiger partial charge in [0.05, 0.1) is 21.3 Å². The molecule has 0 aliphatic carbocycles. The van der Waals surface area contributed by atoms with Crippen LogP contribution >= 0.6 is 27.3 Å². The van der Waals surface area contributed by atoms with Crippen molar-refractivity contribution in [2.45, 2.75) is 26.4 Å². The molecule has 2 rings (SSSR count). The maximum Gasteiger partial charge on any atom is 0.137 e. The van der Waals surface area contributed by atoms with Crippen LogP contribution in [0.4, 0.5) is 4.39 Å². The summed E-state index contributed by atoms with van der Waals surface area (Å²) in [5.41, 5.74) is 1.69. The van der Waals surface area contributed by atoms with E-state index in [9.17, 15) is 9.50 Å². The zero-order chi connectivity index (χ0) is 13.3. The Balaban J connectivity index is 2.16. The van der Waals surface area contributed by atoms with Gasteiger partial charge in [-0.2, -0.15) is 0 Å². The van der Waals surface area contributed by atoms with Crippen molar-refractivity contribution in [1.82, 2.24) is 4.98 Å². The van der Waals surface area contributed by atoms with E-state index < -0.39 is 6.10 Å². The van der Waals surface area contributed by atoms with Crippen LogP contribution in [-0.2, 0) is 6.42 Å². The van der Waals surface area contributed by atoms with Gasteiger partial charge in [-0.3, -0.25) is 0 Å². The van der Waals surface area contributed by atoms with Gasteiger partial charge < -0.3 is 5.11 Å². The Morgan fingerprint density at radius 3 is 2.72 bits per heavy atom. The Kier molecular flexibility index (Phi) is 4.14. The second kappa shape index (κ2) is 5.47. The minimum absolute atomic E-state index is 0.327. The van der Waals surface area contributed by atoms with Gasteiger partial charge in [-0.15, -0.1) is 11.3 Å². The first-order chi connectivity index (χ1) is 8.47. The van der Waals surface area contributed by atoms with Crippen molar-refractivity contribution in [2.24, 2.45) is 0 Å². The standard InChI is InChI=1S/C13H13BrFNOS/c1-7-8(2)18-13(16-7)6-12(17)9-3-4-11(15)10(14)5-9/h3-5,12,17H,6H2,1-2H3. The molecule has 0 fully saturated rings. The highest BCUT2D eigenvalue weighted by atomic mass is 79.9. The molecule has 1 aromatic carbocycles. The van der Waals surface area contributed by atoms with Gasteiger partial charge in [-0.25, -0.2) is 9.37 Å². The van der Waals surface area contributed by atoms with Crippen molar-refractivity contribution in [3.63, 3.8) is 0 Å². The van der Waals surface area contributed by atoms with Crippen LogP contribution in [0.3, 0.4) is 0 Å². The van der Waals surface area contributed by atoms with E-state index in [0.717, 1.165) is 15.6 Å². The van der Waals surface area contributed by atoms with Crippen molar-refractivity contribution in [1.29, 1.82) is 0 Å². The van der Waals surface area contributed by atoms with Crippen LogP contribution in [-0.4, -0.2) is 10.1 Å². The highest BCUT2D eigenvalue weighted by molar-refractivity contribution is 9.10. The molecule has 0 aliphatic rings. The number of hydrogen-bond donors (Lipinski definition) is 1. The van der Waals surface area contributed by atoms with Crippen LogP contribution in [0.5, 0.6) is 0 Å². The van der Waals surface area contributed by atoms with E-state index in [0.29, 0.717) is 16.5 Å². The summed E-state index contributed by atoms with van der Waals surface area (Å²) in [5.74, 6) is -0.327. The zero-order valence-electron chi connectivity index (χ0n) is 10.1. The summed E-state index contributed by atoms with van der Waals surface area (Å²) in [7, 11) is 0. The van der Waals surface area contributed by atoms with E-state index in [-0.39, 0.29) is 5.82 Å². The molecule has 0 radical (unpaired) electrons. The third-order valence-electron chi connectivity index (χ3n) is 2.77. The first kappa shape index (κ1) is 13.6. The second-order valence-electron chi connectivity index (χ2n) is 4.14. The predicted molar refractivity (Wildman–Crippen MR) is 74.4 cm³/mol. The first-order valence-electron chi connectivity index (χ1n) is 5.53. The van der Waals surface area contributed by atoms with Gasteiger partial charge in [0.25, 0.3) is 0 Å². The Labute approximate surface area is 118 Å². The van der Waals surface area contributed by atoms with E-state index in [1.54, 1.807) is 23.5 Å². The minimum Gasteiger partial charge on any atom is -0.388 e. The van der Waals surface area contributed by atoms with E-state index >= 15 is 0 Å². The van der Waals surface area contributed by atoms with Crippen LogP contribution in [0, 0.1) is 19.7 Å². The third kappa shape index (κ3) is 2.96. The summed E-state index contributed by atoms with van der Waals surface area (Å²) in [5, 5.41) is 11.0. The number of aryl methyl sites for hydroxylation is 2. The van der Waals surface area contributed by atoms with E-state index in [1.165, 1.54) is 6.07 Å². The SMILES string of the molecule is Cc1nc(CC(O)c2ccc(F)c(Br)c2)sc1C. The van der Waals surface area contributed by atoms with Gasteiger partial charge in [0.1, 0.15) is 5.82 Å². The maximum atomic E-state index is 13.1. The van der Waals surface area contributed by atoms with Gasteiger partial charge >= 0.3 is 0 Å². The van der Waals surface area contributed by atoms with Gasteiger partial charge in [0, 0.05) is 11.3 Å². The Morgan fingerprint density at radius 1 is 1.44 bits per heavy atom. The van der Waals surface area contributed by atoms with Crippen molar-refractivity contribution < 1.29 is 9.50 Å². The lowest BCUT2D eigenvalue weighted by atomic mass is 10.1. The fourth-order valence-electron chi connectivity index (χ4n) is 1.63. The molecule has 1 heterocycles. The van der Waals surface area contributed by atoms with E-state index in [1.807, 2.05) is 13.8 Å². The molecule has 1 unspecified atom stereocenters. The number of aliphatic hydroxyl groups is 1. The van der Waals surface area contributed by atoms with Crippen molar-refractivity contribution in [2.75, 3.05) is 0 Å². The monoisotopic (exact) mass is 329 g/mol. The lowest BCUT2D eigenvalue weighted by Gasteiger charge is -2.09. The number of aliphatic hydroxyl groups excluding tert-OH is 1. The van der Waals surface area contributed by atoms with Crippen molar-refractivity contribution in [3.05, 3.63) is 49.6 Å². The van der Waals surface area contributed by atoms with Crippen LogP contribution in [0.25, 0.3) is 0 Å². The first-order valence-corrected chi connectivity index (χ1v) is 7.14. The lowest BCUT2D eigenvalue weighted by molar-refractivity contribution is 0.178. The molecular weight excluding hydrogens is 317 g/mol. The highest BCUT2D eigenvalue weighted by Crippen LogP contribution is 2.26. The molecule has 1 atom stereocenters. The summed E-state index contributed by atoms with van der Waals surface area (Å²) in [6, 6.07) is 4.55. The fourth-order valence-corrected chi connectivity index (χ4v) is 3.00. The lowest BCUT2D eigenvalue weighted by Crippen LogP contribution is -2.02. The summed E-state index contributed by atoms with van der Waals surface area (Å²) >= 11 is 4.70. The van der Waals surface area contributed by atoms with Crippen LogP contribution in [0.1, 0.15) is 27.2 Å². The summed E-state index contributed by atoms with van der Waals surface area (Å²) in [4.78, 5) is 5.55. The van der Waals surface area contributed by atoms with Crippen molar-refractivity contribution >= 4 is 27.3 Å². The minimum atomic E-state index is -0.660. The molecule has 0 saturated carbocycles. The summed E-state index contributed by atoms with van der Waals surface area (Å²) in [6.45, 7) is 3.97. The maximum absolute atomic E-state index is 13.1. The molecule has 2 nitrogen and oxygen atoms in total. The van der Waals surface area contributed by atoms with E-state index in [4.69, 9.17) is 0 Å². The van der Waals surface area contributed by atoms with Gasteiger partial charge in [-0.05, 0) is 47.5 Å². The van der Waals surface area contributed by atoms with Crippen LogP contribution in [0.2, 0.25) is 0 Å². The molecule has 0 aliphatic heterocycles. The molecule has 1 N–H and O–H groups in total. The smallest absolute Gasteiger partial charge is 0.137 e. The molecule has 96 valence electrons. The number of thiazole rings is 1. The number of rotatable bonds is 3.